The van der Waals surface area contributed by atoms with Crippen LogP contribution in [0, 0.1) is 11.7 Å². The Kier molecular flexibility index (Phi) is 4.93. The molecule has 1 aliphatic carbocycles. The first-order chi connectivity index (χ1) is 12.2. The number of hydrogen-bond donors (Lipinski definition) is 2. The summed E-state index contributed by atoms with van der Waals surface area (Å²) in [6, 6.07) is 7.41. The average molecular weight is 345 g/mol. The lowest BCUT2D eigenvalue weighted by Gasteiger charge is -2.37. The van der Waals surface area contributed by atoms with Crippen LogP contribution in [0.3, 0.4) is 0 Å². The minimum absolute atomic E-state index is 0.0130. The quantitative estimate of drug-likeness (QED) is 0.876. The van der Waals surface area contributed by atoms with Gasteiger partial charge < -0.3 is 15.5 Å². The smallest absolute Gasteiger partial charge is 0.315 e. The van der Waals surface area contributed by atoms with Crippen molar-refractivity contribution in [2.45, 2.75) is 63.1 Å². The molecule has 5 heteroatoms. The van der Waals surface area contributed by atoms with Gasteiger partial charge in [-0.1, -0.05) is 18.6 Å². The van der Waals surface area contributed by atoms with Crippen molar-refractivity contribution in [3.05, 3.63) is 35.6 Å². The Morgan fingerprint density at radius 2 is 1.88 bits per heavy atom. The van der Waals surface area contributed by atoms with Gasteiger partial charge in [0.1, 0.15) is 5.82 Å². The van der Waals surface area contributed by atoms with E-state index >= 15 is 0 Å². The third-order valence-corrected chi connectivity index (χ3v) is 6.29. The Labute approximate surface area is 149 Å². The van der Waals surface area contributed by atoms with Crippen LogP contribution in [0.1, 0.15) is 56.6 Å². The molecule has 2 aliphatic heterocycles. The predicted octanol–water partition coefficient (Wildman–Crippen LogP) is 3.59. The van der Waals surface area contributed by atoms with Crippen LogP contribution in [0.25, 0.3) is 0 Å². The summed E-state index contributed by atoms with van der Waals surface area (Å²) in [7, 11) is 0. The molecule has 4 nitrogen and oxygen atoms in total. The molecule has 0 spiro atoms. The maximum absolute atomic E-state index is 13.2. The van der Waals surface area contributed by atoms with E-state index in [2.05, 4.69) is 15.5 Å². The number of amides is 2. The first-order valence-corrected chi connectivity index (χ1v) is 9.75. The number of carbonyl (C=O) groups excluding carboxylic acids is 1. The third kappa shape index (κ3) is 3.81. The molecule has 4 rings (SSSR count). The Morgan fingerprint density at radius 1 is 1.08 bits per heavy atom. The highest BCUT2D eigenvalue weighted by atomic mass is 19.1. The van der Waals surface area contributed by atoms with Gasteiger partial charge in [-0.2, -0.15) is 0 Å². The van der Waals surface area contributed by atoms with Crippen LogP contribution < -0.4 is 10.6 Å². The Bertz CT molecular complexity index is 601. The average Bonchev–Trinajstić information content (AvgIpc) is 3.01. The van der Waals surface area contributed by atoms with Gasteiger partial charge in [0.05, 0.1) is 6.04 Å². The van der Waals surface area contributed by atoms with E-state index in [-0.39, 0.29) is 23.9 Å². The molecule has 2 N–H and O–H groups in total. The van der Waals surface area contributed by atoms with Crippen molar-refractivity contribution in [1.29, 1.82) is 0 Å². The number of rotatable bonds is 4. The molecule has 2 heterocycles. The van der Waals surface area contributed by atoms with E-state index in [4.69, 9.17) is 0 Å². The first kappa shape index (κ1) is 16.8. The maximum Gasteiger partial charge on any atom is 0.315 e. The van der Waals surface area contributed by atoms with Crippen molar-refractivity contribution >= 4 is 6.03 Å². The van der Waals surface area contributed by atoms with Crippen LogP contribution in [0.15, 0.2) is 24.3 Å². The van der Waals surface area contributed by atoms with Crippen molar-refractivity contribution in [1.82, 2.24) is 15.5 Å². The summed E-state index contributed by atoms with van der Waals surface area (Å²) in [6.45, 7) is 2.32. The molecular formula is C20H28FN3O. The standard InChI is InChI=1S/C20H28FN3O/c21-16-8-6-15(7-9-16)19(14-3-1-4-14)23-20(25)22-17-10-12-24-11-2-5-18(24)13-17/h6-9,14,17-19H,1-5,10-13H2,(H2,22,23,25)/t17-,18-,19-/m1/s1. The Balaban J connectivity index is 1.36. The predicted molar refractivity (Wildman–Crippen MR) is 95.8 cm³/mol. The second kappa shape index (κ2) is 7.32. The van der Waals surface area contributed by atoms with Crippen molar-refractivity contribution in [2.24, 2.45) is 5.92 Å². The van der Waals surface area contributed by atoms with Crippen molar-refractivity contribution in [2.75, 3.05) is 13.1 Å². The van der Waals surface area contributed by atoms with Crippen LogP contribution >= 0.6 is 0 Å². The number of urea groups is 1. The lowest BCUT2D eigenvalue weighted by atomic mass is 9.77. The number of benzene rings is 1. The van der Waals surface area contributed by atoms with E-state index < -0.39 is 0 Å². The van der Waals surface area contributed by atoms with E-state index in [0.717, 1.165) is 37.8 Å². The molecule has 2 amide bonds. The molecule has 1 saturated carbocycles. The van der Waals surface area contributed by atoms with E-state index in [1.54, 1.807) is 12.1 Å². The summed E-state index contributed by atoms with van der Waals surface area (Å²) in [5.74, 6) is 0.233. The van der Waals surface area contributed by atoms with Gasteiger partial charge in [0.15, 0.2) is 0 Å². The number of nitrogens with one attached hydrogen (secondary N) is 2. The van der Waals surface area contributed by atoms with Gasteiger partial charge in [-0.15, -0.1) is 0 Å². The second-order valence-electron chi connectivity index (χ2n) is 7.89. The molecule has 25 heavy (non-hydrogen) atoms. The highest BCUT2D eigenvalue weighted by Crippen LogP contribution is 2.37. The van der Waals surface area contributed by atoms with Gasteiger partial charge in [0.2, 0.25) is 0 Å². The number of nitrogens with zero attached hydrogens (tertiary/aromatic N) is 1. The molecule has 0 aromatic heterocycles. The zero-order chi connectivity index (χ0) is 17.2. The molecule has 0 radical (unpaired) electrons. The van der Waals surface area contributed by atoms with Crippen LogP contribution in [-0.4, -0.2) is 36.1 Å². The molecule has 0 bridgehead atoms. The van der Waals surface area contributed by atoms with Crippen molar-refractivity contribution in [3.63, 3.8) is 0 Å². The molecule has 2 saturated heterocycles. The van der Waals surface area contributed by atoms with E-state index in [1.807, 2.05) is 0 Å². The summed E-state index contributed by atoms with van der Waals surface area (Å²) >= 11 is 0. The fraction of sp³-hybridized carbons (Fsp3) is 0.650. The first-order valence-electron chi connectivity index (χ1n) is 9.75. The summed E-state index contributed by atoms with van der Waals surface area (Å²) in [6.07, 6.45) is 8.13. The third-order valence-electron chi connectivity index (χ3n) is 6.29. The SMILES string of the molecule is O=C(N[C@@H]1CCN2CCC[C@@H]2C1)N[C@@H](c1ccc(F)cc1)C1CCC1. The Hall–Kier alpha value is -1.62. The van der Waals surface area contributed by atoms with Gasteiger partial charge in [-0.3, -0.25) is 0 Å². The van der Waals surface area contributed by atoms with Crippen LogP contribution in [-0.2, 0) is 0 Å². The highest BCUT2D eigenvalue weighted by molar-refractivity contribution is 5.74. The van der Waals surface area contributed by atoms with E-state index in [0.29, 0.717) is 12.0 Å². The summed E-state index contributed by atoms with van der Waals surface area (Å²) in [5, 5.41) is 6.37. The van der Waals surface area contributed by atoms with Gasteiger partial charge in [0.25, 0.3) is 0 Å². The largest absolute Gasteiger partial charge is 0.335 e. The topological polar surface area (TPSA) is 44.4 Å². The highest BCUT2D eigenvalue weighted by Gasteiger charge is 2.34. The molecule has 3 atom stereocenters. The monoisotopic (exact) mass is 345 g/mol. The van der Waals surface area contributed by atoms with Gasteiger partial charge >= 0.3 is 6.03 Å². The normalized spacial score (nSPS) is 28.0. The molecule has 136 valence electrons. The molecule has 1 aromatic rings. The van der Waals surface area contributed by atoms with E-state index in [9.17, 15) is 9.18 Å². The maximum atomic E-state index is 13.2. The minimum atomic E-state index is -0.233. The fourth-order valence-electron chi connectivity index (χ4n) is 4.64. The summed E-state index contributed by atoms with van der Waals surface area (Å²) in [4.78, 5) is 15.1. The lowest BCUT2D eigenvalue weighted by Crippen LogP contribution is -2.51. The van der Waals surface area contributed by atoms with Crippen molar-refractivity contribution < 1.29 is 9.18 Å². The number of hydrogen-bond acceptors (Lipinski definition) is 2. The van der Waals surface area contributed by atoms with Crippen molar-refractivity contribution in [3.8, 4) is 0 Å². The molecular weight excluding hydrogens is 317 g/mol. The number of carbonyl (C=O) groups is 1. The number of halogens is 1. The zero-order valence-corrected chi connectivity index (χ0v) is 14.7. The Morgan fingerprint density at radius 3 is 2.60 bits per heavy atom. The fourth-order valence-corrected chi connectivity index (χ4v) is 4.64. The number of piperidine rings is 1. The zero-order valence-electron chi connectivity index (χ0n) is 14.7. The number of fused-ring (bicyclic) bond motifs is 1. The molecule has 3 aliphatic rings. The van der Waals surface area contributed by atoms with Crippen LogP contribution in [0.5, 0.6) is 0 Å². The van der Waals surface area contributed by atoms with Crippen LogP contribution in [0.2, 0.25) is 0 Å². The van der Waals surface area contributed by atoms with Gasteiger partial charge in [0, 0.05) is 18.6 Å². The van der Waals surface area contributed by atoms with Crippen LogP contribution in [0.4, 0.5) is 9.18 Å². The van der Waals surface area contributed by atoms with Gasteiger partial charge in [-0.05, 0) is 68.7 Å². The molecule has 1 aromatic carbocycles. The van der Waals surface area contributed by atoms with Gasteiger partial charge in [-0.25, -0.2) is 9.18 Å². The second-order valence-corrected chi connectivity index (χ2v) is 7.89. The lowest BCUT2D eigenvalue weighted by molar-refractivity contribution is 0.162. The van der Waals surface area contributed by atoms with E-state index in [1.165, 1.54) is 37.9 Å². The minimum Gasteiger partial charge on any atom is -0.335 e. The molecule has 3 fully saturated rings. The summed E-state index contributed by atoms with van der Waals surface area (Å²) in [5.41, 5.74) is 1.01. The molecule has 0 unspecified atom stereocenters. The summed E-state index contributed by atoms with van der Waals surface area (Å²) < 4.78 is 13.2.